The molecule has 0 bridgehead atoms. The zero-order valence-electron chi connectivity index (χ0n) is 14.4. The first-order chi connectivity index (χ1) is 11.1. The van der Waals surface area contributed by atoms with Crippen LogP contribution in [0.25, 0.3) is 0 Å². The van der Waals surface area contributed by atoms with Crippen LogP contribution in [0.4, 0.5) is 4.79 Å². The predicted molar refractivity (Wildman–Crippen MR) is 95.3 cm³/mol. The Balaban J connectivity index is 2.62. The van der Waals surface area contributed by atoms with Crippen molar-refractivity contribution in [2.75, 3.05) is 18.9 Å². The van der Waals surface area contributed by atoms with Gasteiger partial charge in [-0.2, -0.15) is 0 Å². The van der Waals surface area contributed by atoms with Gasteiger partial charge in [-0.3, -0.25) is 9.59 Å². The molecule has 1 aromatic carbocycles. The Morgan fingerprint density at radius 3 is 2.42 bits per heavy atom. The highest BCUT2D eigenvalue weighted by molar-refractivity contribution is 9.09. The van der Waals surface area contributed by atoms with E-state index in [-0.39, 0.29) is 30.1 Å². The van der Waals surface area contributed by atoms with Crippen LogP contribution in [-0.2, 0) is 16.1 Å². The maximum Gasteiger partial charge on any atom is 0.408 e. The van der Waals surface area contributed by atoms with Gasteiger partial charge in [-0.25, -0.2) is 4.79 Å². The summed E-state index contributed by atoms with van der Waals surface area (Å²) >= 11 is 3.15. The maximum absolute atomic E-state index is 12.1. The van der Waals surface area contributed by atoms with Crippen LogP contribution in [0, 0.1) is 0 Å². The van der Waals surface area contributed by atoms with Crippen molar-refractivity contribution in [3.8, 4) is 0 Å². The molecular formula is C17H23BrN2O4. The molecule has 1 aromatic rings. The lowest BCUT2D eigenvalue weighted by Crippen LogP contribution is -2.40. The van der Waals surface area contributed by atoms with Gasteiger partial charge in [0, 0.05) is 19.2 Å². The molecule has 0 aliphatic rings. The lowest BCUT2D eigenvalue weighted by atomic mass is 10.0. The zero-order chi connectivity index (χ0) is 18.3. The van der Waals surface area contributed by atoms with Crippen molar-refractivity contribution in [3.63, 3.8) is 0 Å². The summed E-state index contributed by atoms with van der Waals surface area (Å²) in [6.45, 7) is 5.36. The fourth-order valence-electron chi connectivity index (χ4n) is 1.94. The molecule has 0 aliphatic carbocycles. The molecule has 1 N–H and O–H groups in total. The minimum Gasteiger partial charge on any atom is -0.444 e. The Kier molecular flexibility index (Phi) is 7.41. The number of ketones is 1. The quantitative estimate of drug-likeness (QED) is 0.590. The summed E-state index contributed by atoms with van der Waals surface area (Å²) in [6.07, 6.45) is -0.640. The first-order valence-electron chi connectivity index (χ1n) is 7.52. The highest BCUT2D eigenvalue weighted by atomic mass is 79.9. The molecule has 24 heavy (non-hydrogen) atoms. The molecule has 6 nitrogen and oxygen atoms in total. The summed E-state index contributed by atoms with van der Waals surface area (Å²) < 4.78 is 5.08. The topological polar surface area (TPSA) is 75.7 Å². The van der Waals surface area contributed by atoms with Gasteiger partial charge in [0.2, 0.25) is 5.91 Å². The van der Waals surface area contributed by atoms with Crippen LogP contribution in [0.2, 0.25) is 0 Å². The fourth-order valence-corrected chi connectivity index (χ4v) is 2.24. The van der Waals surface area contributed by atoms with E-state index in [2.05, 4.69) is 21.2 Å². The van der Waals surface area contributed by atoms with Gasteiger partial charge in [-0.15, -0.1) is 0 Å². The summed E-state index contributed by atoms with van der Waals surface area (Å²) in [5, 5.41) is 2.65. The number of Topliss-reactive ketones (excluding diaryl/α,β-unsaturated/α-hetero) is 1. The monoisotopic (exact) mass is 398 g/mol. The van der Waals surface area contributed by atoms with Gasteiger partial charge >= 0.3 is 6.09 Å². The van der Waals surface area contributed by atoms with Gasteiger partial charge < -0.3 is 15.0 Å². The highest BCUT2D eigenvalue weighted by Gasteiger charge is 2.18. The van der Waals surface area contributed by atoms with Crippen LogP contribution in [0.1, 0.15) is 36.7 Å². The van der Waals surface area contributed by atoms with E-state index < -0.39 is 11.7 Å². The van der Waals surface area contributed by atoms with Crippen molar-refractivity contribution >= 4 is 33.7 Å². The Hall–Kier alpha value is -1.89. The lowest BCUT2D eigenvalue weighted by molar-refractivity contribution is -0.129. The molecule has 0 saturated heterocycles. The summed E-state index contributed by atoms with van der Waals surface area (Å²) in [7, 11) is 1.62. The van der Waals surface area contributed by atoms with E-state index in [1.807, 2.05) is 6.07 Å². The number of alkyl carbamates (subject to hydrolysis) is 1. The van der Waals surface area contributed by atoms with Gasteiger partial charge in [-0.1, -0.05) is 40.2 Å². The van der Waals surface area contributed by atoms with Gasteiger partial charge in [0.15, 0.2) is 5.78 Å². The largest absolute Gasteiger partial charge is 0.444 e. The molecule has 0 saturated carbocycles. The van der Waals surface area contributed by atoms with Crippen molar-refractivity contribution in [1.29, 1.82) is 0 Å². The van der Waals surface area contributed by atoms with E-state index in [0.717, 1.165) is 5.56 Å². The first kappa shape index (κ1) is 20.2. The Bertz CT molecular complexity index is 611. The first-order valence-corrected chi connectivity index (χ1v) is 8.64. The second-order valence-electron chi connectivity index (χ2n) is 6.32. The van der Waals surface area contributed by atoms with Gasteiger partial charge in [0.05, 0.1) is 5.33 Å². The summed E-state index contributed by atoms with van der Waals surface area (Å²) in [5.41, 5.74) is 0.720. The number of ether oxygens (including phenoxy) is 1. The number of carbonyl (C=O) groups is 3. The number of likely N-dealkylation sites (N-methyl/N-ethyl adjacent to an activating group) is 1. The highest BCUT2D eigenvalue weighted by Crippen LogP contribution is 2.13. The Morgan fingerprint density at radius 2 is 1.83 bits per heavy atom. The van der Waals surface area contributed by atoms with Crippen LogP contribution >= 0.6 is 15.9 Å². The van der Waals surface area contributed by atoms with Crippen molar-refractivity contribution in [3.05, 3.63) is 35.4 Å². The number of hydrogen-bond donors (Lipinski definition) is 1. The van der Waals surface area contributed by atoms with Gasteiger partial charge in [0.1, 0.15) is 12.1 Å². The third-order valence-corrected chi connectivity index (χ3v) is 3.56. The van der Waals surface area contributed by atoms with Crippen molar-refractivity contribution in [1.82, 2.24) is 10.2 Å². The molecule has 0 atom stereocenters. The number of nitrogens with one attached hydrogen (secondary N) is 1. The van der Waals surface area contributed by atoms with Crippen LogP contribution in [0.15, 0.2) is 24.3 Å². The average molecular weight is 399 g/mol. The summed E-state index contributed by atoms with van der Waals surface area (Å²) in [6, 6.07) is 7.14. The molecule has 0 unspecified atom stereocenters. The summed E-state index contributed by atoms with van der Waals surface area (Å²) in [5.74, 6) is -0.319. The fraction of sp³-hybridized carbons (Fsp3) is 0.471. The minimum atomic E-state index is -0.640. The number of amides is 2. The van der Waals surface area contributed by atoms with Crippen molar-refractivity contribution in [2.45, 2.75) is 32.9 Å². The lowest BCUT2D eigenvalue weighted by Gasteiger charge is -2.21. The van der Waals surface area contributed by atoms with Crippen molar-refractivity contribution < 1.29 is 19.1 Å². The third-order valence-electron chi connectivity index (χ3n) is 3.06. The van der Waals surface area contributed by atoms with Crippen LogP contribution in [0.5, 0.6) is 0 Å². The standard InChI is InChI=1S/C17H23BrN2O4/c1-17(2,3)24-16(23)19-10-15(22)20(4)11-12-7-5-6-8-13(12)14(21)9-18/h5-8H,9-11H2,1-4H3,(H,19,23). The predicted octanol–water partition coefficient (Wildman–Crippen LogP) is 2.75. The smallest absolute Gasteiger partial charge is 0.408 e. The second kappa shape index (κ2) is 8.82. The third kappa shape index (κ3) is 6.70. The van der Waals surface area contributed by atoms with E-state index >= 15 is 0 Å². The Labute approximate surface area is 150 Å². The van der Waals surface area contributed by atoms with Gasteiger partial charge in [-0.05, 0) is 26.3 Å². The van der Waals surface area contributed by atoms with Crippen molar-refractivity contribution in [2.24, 2.45) is 0 Å². The Morgan fingerprint density at radius 1 is 1.21 bits per heavy atom. The number of halogens is 1. The molecule has 0 aromatic heterocycles. The molecule has 7 heteroatoms. The average Bonchev–Trinajstić information content (AvgIpc) is 2.50. The number of rotatable bonds is 6. The molecule has 132 valence electrons. The summed E-state index contributed by atoms with van der Waals surface area (Å²) in [4.78, 5) is 37.1. The molecule has 0 radical (unpaired) electrons. The minimum absolute atomic E-state index is 0.0432. The van der Waals surface area contributed by atoms with Gasteiger partial charge in [0.25, 0.3) is 0 Å². The van der Waals surface area contributed by atoms with E-state index in [1.165, 1.54) is 4.90 Å². The molecule has 0 aliphatic heterocycles. The number of hydrogen-bond acceptors (Lipinski definition) is 4. The van der Waals surface area contributed by atoms with Crippen LogP contribution in [-0.4, -0.2) is 47.2 Å². The zero-order valence-corrected chi connectivity index (χ0v) is 16.0. The molecule has 0 spiro atoms. The SMILES string of the molecule is CN(Cc1ccccc1C(=O)CBr)C(=O)CNC(=O)OC(C)(C)C. The molecule has 0 heterocycles. The number of nitrogens with zero attached hydrogens (tertiary/aromatic N) is 1. The van der Waals surface area contributed by atoms with E-state index in [9.17, 15) is 14.4 Å². The molecule has 1 rings (SSSR count). The van der Waals surface area contributed by atoms with E-state index in [1.54, 1.807) is 46.0 Å². The number of alkyl halides is 1. The van der Waals surface area contributed by atoms with Crippen LogP contribution < -0.4 is 5.32 Å². The molecular weight excluding hydrogens is 376 g/mol. The normalized spacial score (nSPS) is 10.9. The number of benzene rings is 1. The maximum atomic E-state index is 12.1. The van der Waals surface area contributed by atoms with E-state index in [4.69, 9.17) is 4.74 Å². The molecule has 2 amide bonds. The molecule has 0 fully saturated rings. The van der Waals surface area contributed by atoms with Crippen LogP contribution in [0.3, 0.4) is 0 Å². The second-order valence-corrected chi connectivity index (χ2v) is 6.88. The van der Waals surface area contributed by atoms with E-state index in [0.29, 0.717) is 5.56 Å². The number of carbonyl (C=O) groups excluding carboxylic acids is 3.